The molecule has 3 rings (SSSR count). The molecule has 0 aliphatic carbocycles. The monoisotopic (exact) mass is 317 g/mol. The van der Waals surface area contributed by atoms with Crippen molar-refractivity contribution >= 4 is 21.6 Å². The zero-order valence-electron chi connectivity index (χ0n) is 10.8. The predicted octanol–water partition coefficient (Wildman–Crippen LogP) is 3.81. The summed E-state index contributed by atoms with van der Waals surface area (Å²) < 4.78 is 6.64. The minimum atomic E-state index is -0.00333. The smallest absolute Gasteiger partial charge is 0.0670 e. The van der Waals surface area contributed by atoms with Crippen LogP contribution in [0.2, 0.25) is 0 Å². The number of benzene rings is 2. The Labute approximate surface area is 121 Å². The van der Waals surface area contributed by atoms with Crippen molar-refractivity contribution in [3.63, 3.8) is 0 Å². The van der Waals surface area contributed by atoms with Crippen molar-refractivity contribution in [3.05, 3.63) is 64.1 Å². The first-order valence-electron chi connectivity index (χ1n) is 6.37. The van der Waals surface area contributed by atoms with Crippen LogP contribution in [0.3, 0.4) is 0 Å². The number of hydrogen-bond donors (Lipinski definition) is 1. The van der Waals surface area contributed by atoms with E-state index < -0.39 is 0 Å². The van der Waals surface area contributed by atoms with E-state index in [9.17, 15) is 0 Å². The maximum Gasteiger partial charge on any atom is 0.0670 e. The molecular weight excluding hydrogens is 302 g/mol. The number of ether oxygens (including phenoxy) is 1. The zero-order chi connectivity index (χ0) is 13.3. The molecule has 98 valence electrons. The third kappa shape index (κ3) is 2.17. The van der Waals surface area contributed by atoms with E-state index in [-0.39, 0.29) is 5.41 Å². The van der Waals surface area contributed by atoms with E-state index in [0.717, 1.165) is 23.4 Å². The molecule has 0 aromatic heterocycles. The maximum atomic E-state index is 5.52. The van der Waals surface area contributed by atoms with E-state index in [4.69, 9.17) is 4.74 Å². The molecule has 2 nitrogen and oxygen atoms in total. The second-order valence-corrected chi connectivity index (χ2v) is 5.83. The van der Waals surface area contributed by atoms with Crippen molar-refractivity contribution in [1.82, 2.24) is 0 Å². The first-order chi connectivity index (χ1) is 9.24. The van der Waals surface area contributed by atoms with Crippen molar-refractivity contribution in [2.24, 2.45) is 0 Å². The van der Waals surface area contributed by atoms with Gasteiger partial charge in [0.05, 0.1) is 18.6 Å². The van der Waals surface area contributed by atoms with E-state index in [0.29, 0.717) is 0 Å². The van der Waals surface area contributed by atoms with Crippen LogP contribution in [0.15, 0.2) is 53.0 Å². The number of anilines is 1. The van der Waals surface area contributed by atoms with Gasteiger partial charge in [0.15, 0.2) is 0 Å². The highest BCUT2D eigenvalue weighted by atomic mass is 79.9. The third-order valence-corrected chi connectivity index (χ3v) is 4.27. The van der Waals surface area contributed by atoms with Gasteiger partial charge in [-0.15, -0.1) is 0 Å². The van der Waals surface area contributed by atoms with Gasteiger partial charge in [-0.2, -0.15) is 0 Å². The van der Waals surface area contributed by atoms with Crippen LogP contribution in [-0.4, -0.2) is 20.3 Å². The lowest BCUT2D eigenvalue weighted by molar-refractivity contribution is -0.0379. The number of halogens is 1. The van der Waals surface area contributed by atoms with Crippen LogP contribution >= 0.6 is 15.9 Å². The molecule has 3 heteroatoms. The van der Waals surface area contributed by atoms with E-state index in [1.165, 1.54) is 11.1 Å². The highest BCUT2D eigenvalue weighted by molar-refractivity contribution is 9.10. The molecule has 0 radical (unpaired) electrons. The van der Waals surface area contributed by atoms with Gasteiger partial charge in [0.2, 0.25) is 0 Å². The first kappa shape index (κ1) is 12.7. The van der Waals surface area contributed by atoms with Gasteiger partial charge in [-0.05, 0) is 35.4 Å². The van der Waals surface area contributed by atoms with Gasteiger partial charge < -0.3 is 10.1 Å². The highest BCUT2D eigenvalue weighted by Gasteiger charge is 2.42. The fraction of sp³-hybridized carbons (Fsp3) is 0.250. The van der Waals surface area contributed by atoms with Crippen molar-refractivity contribution in [2.45, 2.75) is 5.41 Å². The zero-order valence-corrected chi connectivity index (χ0v) is 12.4. The van der Waals surface area contributed by atoms with Gasteiger partial charge in [-0.3, -0.25) is 0 Å². The summed E-state index contributed by atoms with van der Waals surface area (Å²) in [5, 5.41) is 3.20. The molecule has 1 N–H and O–H groups in total. The van der Waals surface area contributed by atoms with Crippen LogP contribution in [0.5, 0.6) is 0 Å². The Morgan fingerprint density at radius 3 is 2.32 bits per heavy atom. The SMILES string of the molecule is CNc1cccc(C2(c3cccc(Br)c3)COC2)c1. The predicted molar refractivity (Wildman–Crippen MR) is 81.7 cm³/mol. The van der Waals surface area contributed by atoms with Crippen LogP contribution < -0.4 is 5.32 Å². The second kappa shape index (κ2) is 4.99. The Bertz CT molecular complexity index is 593. The van der Waals surface area contributed by atoms with E-state index in [1.54, 1.807) is 0 Å². The van der Waals surface area contributed by atoms with Crippen LogP contribution in [0, 0.1) is 0 Å². The largest absolute Gasteiger partial charge is 0.388 e. The molecule has 1 aliphatic heterocycles. The molecule has 19 heavy (non-hydrogen) atoms. The van der Waals surface area contributed by atoms with Crippen molar-refractivity contribution in [3.8, 4) is 0 Å². The van der Waals surface area contributed by atoms with Gasteiger partial charge in [0.1, 0.15) is 0 Å². The lowest BCUT2D eigenvalue weighted by Crippen LogP contribution is -2.47. The van der Waals surface area contributed by atoms with Crippen LogP contribution in [0.4, 0.5) is 5.69 Å². The summed E-state index contributed by atoms with van der Waals surface area (Å²) in [7, 11) is 1.95. The Kier molecular flexibility index (Phi) is 3.33. The minimum absolute atomic E-state index is 0.00333. The number of nitrogens with one attached hydrogen (secondary N) is 1. The molecule has 0 amide bonds. The molecule has 0 spiro atoms. The van der Waals surface area contributed by atoms with E-state index in [1.807, 2.05) is 7.05 Å². The summed E-state index contributed by atoms with van der Waals surface area (Å²) in [5.74, 6) is 0. The van der Waals surface area contributed by atoms with Gasteiger partial charge in [0.25, 0.3) is 0 Å². The summed E-state index contributed by atoms with van der Waals surface area (Å²) >= 11 is 3.56. The number of rotatable bonds is 3. The van der Waals surface area contributed by atoms with Crippen molar-refractivity contribution in [2.75, 3.05) is 25.6 Å². The molecule has 0 bridgehead atoms. The minimum Gasteiger partial charge on any atom is -0.388 e. The van der Waals surface area contributed by atoms with Crippen molar-refractivity contribution in [1.29, 1.82) is 0 Å². The lowest BCUT2D eigenvalue weighted by atomic mass is 9.73. The molecule has 1 fully saturated rings. The Hall–Kier alpha value is -1.32. The summed E-state index contributed by atoms with van der Waals surface area (Å²) in [6.45, 7) is 1.49. The molecule has 0 unspecified atom stereocenters. The Morgan fingerprint density at radius 1 is 1.05 bits per heavy atom. The molecule has 1 aliphatic rings. The van der Waals surface area contributed by atoms with E-state index >= 15 is 0 Å². The normalized spacial score (nSPS) is 16.7. The summed E-state index contributed by atoms with van der Waals surface area (Å²) in [6.07, 6.45) is 0. The fourth-order valence-corrected chi connectivity index (χ4v) is 2.96. The quantitative estimate of drug-likeness (QED) is 0.929. The van der Waals surface area contributed by atoms with Gasteiger partial charge in [-0.1, -0.05) is 40.2 Å². The first-order valence-corrected chi connectivity index (χ1v) is 7.16. The molecule has 1 saturated heterocycles. The lowest BCUT2D eigenvalue weighted by Gasteiger charge is -2.42. The second-order valence-electron chi connectivity index (χ2n) is 4.92. The Morgan fingerprint density at radius 2 is 1.74 bits per heavy atom. The van der Waals surface area contributed by atoms with Crippen LogP contribution in [0.1, 0.15) is 11.1 Å². The summed E-state index contributed by atoms with van der Waals surface area (Å²) in [6, 6.07) is 17.1. The highest BCUT2D eigenvalue weighted by Crippen LogP contribution is 2.40. The summed E-state index contributed by atoms with van der Waals surface area (Å²) in [5.41, 5.74) is 3.75. The molecule has 2 aromatic rings. The van der Waals surface area contributed by atoms with Crippen molar-refractivity contribution < 1.29 is 4.74 Å². The average molecular weight is 318 g/mol. The maximum absolute atomic E-state index is 5.52. The van der Waals surface area contributed by atoms with Gasteiger partial charge in [-0.25, -0.2) is 0 Å². The van der Waals surface area contributed by atoms with Crippen LogP contribution in [-0.2, 0) is 10.2 Å². The van der Waals surface area contributed by atoms with Gasteiger partial charge in [0, 0.05) is 17.2 Å². The van der Waals surface area contributed by atoms with Gasteiger partial charge >= 0.3 is 0 Å². The topological polar surface area (TPSA) is 21.3 Å². The molecule has 0 saturated carbocycles. The average Bonchev–Trinajstić information content (AvgIpc) is 2.38. The van der Waals surface area contributed by atoms with E-state index in [2.05, 4.69) is 69.8 Å². The van der Waals surface area contributed by atoms with Crippen LogP contribution in [0.25, 0.3) is 0 Å². The fourth-order valence-electron chi connectivity index (χ4n) is 2.56. The number of hydrogen-bond acceptors (Lipinski definition) is 2. The molecule has 0 atom stereocenters. The third-order valence-electron chi connectivity index (χ3n) is 3.78. The standard InChI is InChI=1S/C16H16BrNO/c1-18-15-7-3-5-13(9-15)16(10-19-11-16)12-4-2-6-14(17)8-12/h2-9,18H,10-11H2,1H3. The molecular formula is C16H16BrNO. The molecule has 1 heterocycles. The summed E-state index contributed by atoms with van der Waals surface area (Å²) in [4.78, 5) is 0. The Balaban J connectivity index is 2.08. The molecule has 2 aromatic carbocycles.